The number of ether oxygens (including phenoxy) is 1. The van der Waals surface area contributed by atoms with Gasteiger partial charge in [-0.3, -0.25) is 4.79 Å². The summed E-state index contributed by atoms with van der Waals surface area (Å²) in [7, 11) is 1.63. The van der Waals surface area contributed by atoms with Crippen LogP contribution in [0.1, 0.15) is 16.8 Å². The summed E-state index contributed by atoms with van der Waals surface area (Å²) in [5, 5.41) is 8.25. The normalized spacial score (nSPS) is 11.1. The van der Waals surface area contributed by atoms with E-state index in [0.29, 0.717) is 11.6 Å². The molecule has 0 spiro atoms. The number of rotatable bonds is 6. The summed E-state index contributed by atoms with van der Waals surface area (Å²) in [5.74, 6) is 1.63. The van der Waals surface area contributed by atoms with E-state index >= 15 is 0 Å². The molecule has 0 saturated carbocycles. The minimum Gasteiger partial charge on any atom is -0.497 e. The number of aromatic nitrogens is 3. The number of anilines is 1. The van der Waals surface area contributed by atoms with Gasteiger partial charge in [0.2, 0.25) is 11.0 Å². The lowest BCUT2D eigenvalue weighted by atomic mass is 10.1. The number of benzene rings is 2. The Morgan fingerprint density at radius 3 is 2.60 bits per heavy atom. The van der Waals surface area contributed by atoms with Gasteiger partial charge in [0.1, 0.15) is 11.6 Å². The Hall–Kier alpha value is -2.84. The maximum absolute atomic E-state index is 12.5. The zero-order chi connectivity index (χ0) is 21.3. The van der Waals surface area contributed by atoms with Crippen LogP contribution in [0.25, 0.3) is 15.3 Å². The summed E-state index contributed by atoms with van der Waals surface area (Å²) >= 11 is 3.03. The monoisotopic (exact) mass is 438 g/mol. The molecule has 4 rings (SSSR count). The second kappa shape index (κ2) is 8.49. The van der Waals surface area contributed by atoms with Crippen molar-refractivity contribution in [1.82, 2.24) is 14.8 Å². The molecule has 2 heterocycles. The van der Waals surface area contributed by atoms with Crippen molar-refractivity contribution >= 4 is 45.0 Å². The summed E-state index contributed by atoms with van der Waals surface area (Å²) in [5.41, 5.74) is 4.21. The molecule has 0 aliphatic heterocycles. The Bertz CT molecular complexity index is 1170. The standard InChI is InChI=1S/C22H22N4O2S2/c1-13-9-18-19(10-14(13)2)30-22(23-18)26-20(11-15(3)25-26)24-21(27)12-29-17-7-5-16(28-4)6-8-17/h5-11H,12H2,1-4H3,(H,24,27). The zero-order valence-corrected chi connectivity index (χ0v) is 18.9. The third-order valence-electron chi connectivity index (χ3n) is 4.70. The lowest BCUT2D eigenvalue weighted by molar-refractivity contribution is -0.113. The second-order valence-electron chi connectivity index (χ2n) is 7.00. The van der Waals surface area contributed by atoms with Crippen LogP contribution in [0.15, 0.2) is 47.4 Å². The summed E-state index contributed by atoms with van der Waals surface area (Å²) < 4.78 is 7.98. The predicted octanol–water partition coefficient (Wildman–Crippen LogP) is 5.15. The Labute approximate surface area is 183 Å². The van der Waals surface area contributed by atoms with Crippen LogP contribution in [0.5, 0.6) is 5.75 Å². The molecule has 0 unspecified atom stereocenters. The van der Waals surface area contributed by atoms with Crippen LogP contribution in [0.2, 0.25) is 0 Å². The second-order valence-corrected chi connectivity index (χ2v) is 9.05. The van der Waals surface area contributed by atoms with E-state index < -0.39 is 0 Å². The van der Waals surface area contributed by atoms with Gasteiger partial charge in [-0.05, 0) is 68.3 Å². The molecule has 2 aromatic heterocycles. The lowest BCUT2D eigenvalue weighted by Crippen LogP contribution is -2.16. The van der Waals surface area contributed by atoms with E-state index in [-0.39, 0.29) is 5.91 Å². The topological polar surface area (TPSA) is 69.0 Å². The molecule has 30 heavy (non-hydrogen) atoms. The Balaban J connectivity index is 1.51. The number of amides is 1. The maximum Gasteiger partial charge on any atom is 0.235 e. The number of thiazole rings is 1. The highest BCUT2D eigenvalue weighted by atomic mass is 32.2. The third-order valence-corrected chi connectivity index (χ3v) is 6.71. The summed E-state index contributed by atoms with van der Waals surface area (Å²) in [6.07, 6.45) is 0. The minimum atomic E-state index is -0.0928. The van der Waals surface area contributed by atoms with Gasteiger partial charge in [-0.25, -0.2) is 4.98 Å². The van der Waals surface area contributed by atoms with Gasteiger partial charge in [0.15, 0.2) is 0 Å². The molecule has 2 aromatic carbocycles. The van der Waals surface area contributed by atoms with Crippen LogP contribution in [0, 0.1) is 20.8 Å². The first kappa shape index (κ1) is 20.4. The fourth-order valence-corrected chi connectivity index (χ4v) is 4.70. The van der Waals surface area contributed by atoms with Crippen LogP contribution in [-0.2, 0) is 4.79 Å². The van der Waals surface area contributed by atoms with Gasteiger partial charge in [-0.2, -0.15) is 9.78 Å². The molecule has 0 atom stereocenters. The van der Waals surface area contributed by atoms with Gasteiger partial charge in [0.05, 0.1) is 28.8 Å². The number of hydrogen-bond donors (Lipinski definition) is 1. The number of nitrogens with one attached hydrogen (secondary N) is 1. The maximum atomic E-state index is 12.5. The van der Waals surface area contributed by atoms with E-state index in [1.54, 1.807) is 23.1 Å². The van der Waals surface area contributed by atoms with Gasteiger partial charge in [0, 0.05) is 11.0 Å². The molecule has 0 fully saturated rings. The van der Waals surface area contributed by atoms with Crippen molar-refractivity contribution in [3.8, 4) is 10.9 Å². The average molecular weight is 439 g/mol. The number of aryl methyl sites for hydroxylation is 3. The molecule has 4 aromatic rings. The summed E-state index contributed by atoms with van der Waals surface area (Å²) in [6, 6.07) is 13.7. The number of methoxy groups -OCH3 is 1. The van der Waals surface area contributed by atoms with Crippen molar-refractivity contribution in [1.29, 1.82) is 0 Å². The quantitative estimate of drug-likeness (QED) is 0.422. The van der Waals surface area contributed by atoms with Crippen molar-refractivity contribution in [3.05, 3.63) is 59.3 Å². The fraction of sp³-hybridized carbons (Fsp3) is 0.227. The smallest absolute Gasteiger partial charge is 0.235 e. The molecule has 0 aliphatic carbocycles. The average Bonchev–Trinajstić information content (AvgIpc) is 3.29. The van der Waals surface area contributed by atoms with Crippen LogP contribution < -0.4 is 10.1 Å². The number of hydrogen-bond acceptors (Lipinski definition) is 6. The SMILES string of the molecule is COc1ccc(SCC(=O)Nc2cc(C)nn2-c2nc3cc(C)c(C)cc3s2)cc1. The zero-order valence-electron chi connectivity index (χ0n) is 17.2. The molecule has 0 bridgehead atoms. The highest BCUT2D eigenvalue weighted by Crippen LogP contribution is 2.29. The van der Waals surface area contributed by atoms with E-state index in [4.69, 9.17) is 9.72 Å². The number of carbonyl (C=O) groups excluding carboxylic acids is 1. The van der Waals surface area contributed by atoms with E-state index in [1.165, 1.54) is 22.9 Å². The molecule has 0 aliphatic rings. The fourth-order valence-electron chi connectivity index (χ4n) is 2.99. The Kier molecular flexibility index (Phi) is 5.78. The highest BCUT2D eigenvalue weighted by Gasteiger charge is 2.15. The lowest BCUT2D eigenvalue weighted by Gasteiger charge is -2.07. The Morgan fingerprint density at radius 1 is 1.13 bits per heavy atom. The first-order chi connectivity index (χ1) is 14.4. The van der Waals surface area contributed by atoms with E-state index in [1.807, 2.05) is 37.3 Å². The number of fused-ring (bicyclic) bond motifs is 1. The molecule has 1 N–H and O–H groups in total. The van der Waals surface area contributed by atoms with Crippen LogP contribution in [0.4, 0.5) is 5.82 Å². The van der Waals surface area contributed by atoms with Crippen molar-refractivity contribution < 1.29 is 9.53 Å². The largest absolute Gasteiger partial charge is 0.497 e. The van der Waals surface area contributed by atoms with Crippen molar-refractivity contribution in [3.63, 3.8) is 0 Å². The molecule has 1 amide bonds. The molecule has 6 nitrogen and oxygen atoms in total. The third kappa shape index (κ3) is 4.34. The first-order valence-electron chi connectivity index (χ1n) is 9.44. The number of carbonyl (C=O) groups is 1. The molecule has 154 valence electrons. The molecular formula is C22H22N4O2S2. The van der Waals surface area contributed by atoms with Crippen LogP contribution in [-0.4, -0.2) is 33.5 Å². The van der Waals surface area contributed by atoms with Gasteiger partial charge in [-0.15, -0.1) is 11.8 Å². The minimum absolute atomic E-state index is 0.0928. The molecular weight excluding hydrogens is 416 g/mol. The van der Waals surface area contributed by atoms with Gasteiger partial charge < -0.3 is 10.1 Å². The first-order valence-corrected chi connectivity index (χ1v) is 11.2. The van der Waals surface area contributed by atoms with Crippen molar-refractivity contribution in [2.45, 2.75) is 25.7 Å². The van der Waals surface area contributed by atoms with Crippen molar-refractivity contribution in [2.24, 2.45) is 0 Å². The van der Waals surface area contributed by atoms with Gasteiger partial charge in [-0.1, -0.05) is 11.3 Å². The highest BCUT2D eigenvalue weighted by molar-refractivity contribution is 8.00. The van der Waals surface area contributed by atoms with E-state index in [0.717, 1.165) is 31.7 Å². The van der Waals surface area contributed by atoms with Crippen LogP contribution in [0.3, 0.4) is 0 Å². The molecule has 8 heteroatoms. The Morgan fingerprint density at radius 2 is 1.87 bits per heavy atom. The number of thioether (sulfide) groups is 1. The summed E-state index contributed by atoms with van der Waals surface area (Å²) in [6.45, 7) is 6.08. The van der Waals surface area contributed by atoms with Gasteiger partial charge in [0.25, 0.3) is 0 Å². The molecule has 0 radical (unpaired) electrons. The van der Waals surface area contributed by atoms with Crippen LogP contribution >= 0.6 is 23.1 Å². The van der Waals surface area contributed by atoms with E-state index in [2.05, 4.69) is 36.4 Å². The molecule has 0 saturated heterocycles. The van der Waals surface area contributed by atoms with E-state index in [9.17, 15) is 4.79 Å². The predicted molar refractivity (Wildman–Crippen MR) is 123 cm³/mol. The van der Waals surface area contributed by atoms with Crippen molar-refractivity contribution in [2.75, 3.05) is 18.2 Å². The van der Waals surface area contributed by atoms with Gasteiger partial charge >= 0.3 is 0 Å². The summed E-state index contributed by atoms with van der Waals surface area (Å²) in [4.78, 5) is 18.3. The number of nitrogens with zero attached hydrogens (tertiary/aromatic N) is 3.